The van der Waals surface area contributed by atoms with Crippen molar-refractivity contribution in [1.29, 1.82) is 0 Å². The summed E-state index contributed by atoms with van der Waals surface area (Å²) >= 11 is 1.31. The second kappa shape index (κ2) is 8.87. The molecule has 150 valence electrons. The predicted molar refractivity (Wildman–Crippen MR) is 110 cm³/mol. The zero-order valence-corrected chi connectivity index (χ0v) is 16.7. The number of hydrogen-bond donors (Lipinski definition) is 0. The molecule has 0 aliphatic rings. The fraction of sp³-hybridized carbons (Fsp3) is 0.250. The van der Waals surface area contributed by atoms with Gasteiger partial charge in [-0.25, -0.2) is 4.98 Å². The molecule has 8 nitrogen and oxygen atoms in total. The van der Waals surface area contributed by atoms with E-state index in [2.05, 4.69) is 9.72 Å². The number of thioether (sulfide) groups is 1. The lowest BCUT2D eigenvalue weighted by molar-refractivity contribution is -0.384. The Labute approximate surface area is 170 Å². The van der Waals surface area contributed by atoms with Crippen molar-refractivity contribution >= 4 is 34.3 Å². The fourth-order valence-electron chi connectivity index (χ4n) is 2.86. The second-order valence-corrected chi connectivity index (χ2v) is 7.61. The maximum absolute atomic E-state index is 13.0. The molecular formula is C20H19N3O5S. The SMILES string of the molecule is COC(=O)CCn1c(S[C@H](C)c2cccc([N+](=O)[O-])c2)nc2ccccc2c1=O. The normalized spacial score (nSPS) is 11.9. The number of nitro benzene ring substituents is 1. The molecule has 0 unspecified atom stereocenters. The Morgan fingerprint density at radius 2 is 2.03 bits per heavy atom. The Bertz CT molecular complexity index is 1130. The van der Waals surface area contributed by atoms with E-state index in [0.717, 1.165) is 5.56 Å². The minimum Gasteiger partial charge on any atom is -0.469 e. The van der Waals surface area contributed by atoms with Gasteiger partial charge in [0.15, 0.2) is 5.16 Å². The van der Waals surface area contributed by atoms with Crippen LogP contribution in [0.2, 0.25) is 0 Å². The summed E-state index contributed by atoms with van der Waals surface area (Å²) in [5, 5.41) is 11.8. The summed E-state index contributed by atoms with van der Waals surface area (Å²) in [5.41, 5.74) is 1.06. The highest BCUT2D eigenvalue weighted by atomic mass is 32.2. The topological polar surface area (TPSA) is 104 Å². The van der Waals surface area contributed by atoms with Crippen molar-refractivity contribution in [2.24, 2.45) is 0 Å². The van der Waals surface area contributed by atoms with Crippen LogP contribution < -0.4 is 5.56 Å². The lowest BCUT2D eigenvalue weighted by atomic mass is 10.1. The smallest absolute Gasteiger partial charge is 0.307 e. The molecule has 9 heteroatoms. The molecule has 1 aromatic heterocycles. The summed E-state index contributed by atoms with van der Waals surface area (Å²) in [4.78, 5) is 39.8. The molecule has 0 spiro atoms. The quantitative estimate of drug-likeness (QED) is 0.191. The number of non-ortho nitro benzene ring substituents is 1. The molecule has 0 bridgehead atoms. The average molecular weight is 413 g/mol. The van der Waals surface area contributed by atoms with Crippen LogP contribution in [0.1, 0.15) is 24.2 Å². The summed E-state index contributed by atoms with van der Waals surface area (Å²) in [6, 6.07) is 13.4. The van der Waals surface area contributed by atoms with Gasteiger partial charge in [-0.1, -0.05) is 36.0 Å². The maximum Gasteiger partial charge on any atom is 0.307 e. The number of carbonyl (C=O) groups excluding carboxylic acids is 1. The van der Waals surface area contributed by atoms with Crippen molar-refractivity contribution in [3.8, 4) is 0 Å². The van der Waals surface area contributed by atoms with E-state index in [0.29, 0.717) is 16.1 Å². The number of rotatable bonds is 7. The van der Waals surface area contributed by atoms with Crippen LogP contribution in [0, 0.1) is 10.1 Å². The van der Waals surface area contributed by atoms with Crippen LogP contribution in [0.25, 0.3) is 10.9 Å². The Kier molecular flexibility index (Phi) is 6.28. The van der Waals surface area contributed by atoms with E-state index >= 15 is 0 Å². The van der Waals surface area contributed by atoms with Crippen LogP contribution >= 0.6 is 11.8 Å². The molecule has 0 aliphatic carbocycles. The molecule has 0 radical (unpaired) electrons. The van der Waals surface area contributed by atoms with Gasteiger partial charge in [0.2, 0.25) is 0 Å². The number of esters is 1. The number of ether oxygens (including phenoxy) is 1. The van der Waals surface area contributed by atoms with Crippen LogP contribution in [0.3, 0.4) is 0 Å². The van der Waals surface area contributed by atoms with Gasteiger partial charge in [-0.3, -0.25) is 24.3 Å². The molecule has 0 saturated heterocycles. The minimum atomic E-state index is -0.443. The highest BCUT2D eigenvalue weighted by Gasteiger charge is 2.18. The number of aromatic nitrogens is 2. The number of benzene rings is 2. The number of nitro groups is 1. The molecular weight excluding hydrogens is 394 g/mol. The first-order chi connectivity index (χ1) is 13.9. The van der Waals surface area contributed by atoms with Crippen LogP contribution in [0.15, 0.2) is 58.5 Å². The molecule has 29 heavy (non-hydrogen) atoms. The van der Waals surface area contributed by atoms with Crippen LogP contribution in [0.4, 0.5) is 5.69 Å². The van der Waals surface area contributed by atoms with Gasteiger partial charge in [-0.15, -0.1) is 0 Å². The first kappa shape index (κ1) is 20.5. The van der Waals surface area contributed by atoms with Crippen molar-refractivity contribution in [2.45, 2.75) is 30.3 Å². The van der Waals surface area contributed by atoms with Crippen LogP contribution in [-0.2, 0) is 16.1 Å². The fourth-order valence-corrected chi connectivity index (χ4v) is 3.91. The number of fused-ring (bicyclic) bond motifs is 1. The Morgan fingerprint density at radius 1 is 1.28 bits per heavy atom. The summed E-state index contributed by atoms with van der Waals surface area (Å²) < 4.78 is 6.14. The molecule has 0 N–H and O–H groups in total. The first-order valence-electron chi connectivity index (χ1n) is 8.88. The van der Waals surface area contributed by atoms with Gasteiger partial charge in [0, 0.05) is 23.9 Å². The van der Waals surface area contributed by atoms with Crippen molar-refractivity contribution in [3.05, 3.63) is 74.6 Å². The van der Waals surface area contributed by atoms with E-state index in [1.54, 1.807) is 36.4 Å². The second-order valence-electron chi connectivity index (χ2n) is 6.31. The zero-order chi connectivity index (χ0) is 21.0. The molecule has 0 fully saturated rings. The number of para-hydroxylation sites is 1. The number of carbonyl (C=O) groups is 1. The minimum absolute atomic E-state index is 0.00417. The van der Waals surface area contributed by atoms with Crippen LogP contribution in [0.5, 0.6) is 0 Å². The summed E-state index contributed by atoms with van der Waals surface area (Å²) in [5.74, 6) is -0.423. The molecule has 1 atom stereocenters. The maximum atomic E-state index is 13.0. The third-order valence-corrected chi connectivity index (χ3v) is 5.57. The Balaban J connectivity index is 2.00. The molecule has 0 saturated carbocycles. The lowest BCUT2D eigenvalue weighted by Gasteiger charge is -2.16. The van der Waals surface area contributed by atoms with Gasteiger partial charge in [-0.2, -0.15) is 0 Å². The summed E-state index contributed by atoms with van der Waals surface area (Å²) in [7, 11) is 1.30. The monoisotopic (exact) mass is 413 g/mol. The van der Waals surface area contributed by atoms with Gasteiger partial charge in [0.1, 0.15) is 0 Å². The van der Waals surface area contributed by atoms with Gasteiger partial charge >= 0.3 is 5.97 Å². The van der Waals surface area contributed by atoms with E-state index in [1.807, 2.05) is 6.92 Å². The van der Waals surface area contributed by atoms with Crippen molar-refractivity contribution < 1.29 is 14.5 Å². The highest BCUT2D eigenvalue weighted by molar-refractivity contribution is 7.99. The van der Waals surface area contributed by atoms with E-state index < -0.39 is 10.9 Å². The van der Waals surface area contributed by atoms with Crippen molar-refractivity contribution in [3.63, 3.8) is 0 Å². The first-order valence-corrected chi connectivity index (χ1v) is 9.76. The van der Waals surface area contributed by atoms with E-state index in [-0.39, 0.29) is 29.5 Å². The standard InChI is InChI=1S/C20H19N3O5S/c1-13(14-6-5-7-15(12-14)23(26)27)29-20-21-17-9-4-3-8-16(17)19(25)22(20)11-10-18(24)28-2/h3-9,12-13H,10-11H2,1-2H3/t13-/m1/s1. The number of methoxy groups -OCH3 is 1. The predicted octanol–water partition coefficient (Wildman–Crippen LogP) is 3.72. The van der Waals surface area contributed by atoms with Gasteiger partial charge in [0.05, 0.1) is 29.4 Å². The number of nitrogens with zero attached hydrogens (tertiary/aromatic N) is 3. The summed E-state index contributed by atoms with van der Waals surface area (Å²) in [6.45, 7) is 2.02. The molecule has 2 aromatic carbocycles. The highest BCUT2D eigenvalue weighted by Crippen LogP contribution is 2.35. The van der Waals surface area contributed by atoms with Gasteiger partial charge in [-0.05, 0) is 24.6 Å². The number of hydrogen-bond acceptors (Lipinski definition) is 7. The lowest BCUT2D eigenvalue weighted by Crippen LogP contribution is -2.25. The van der Waals surface area contributed by atoms with E-state index in [4.69, 9.17) is 0 Å². The Hall–Kier alpha value is -3.20. The molecule has 0 aliphatic heterocycles. The van der Waals surface area contributed by atoms with E-state index in [9.17, 15) is 19.7 Å². The average Bonchev–Trinajstić information content (AvgIpc) is 2.73. The van der Waals surface area contributed by atoms with E-state index in [1.165, 1.54) is 35.6 Å². The van der Waals surface area contributed by atoms with Gasteiger partial charge in [0.25, 0.3) is 11.2 Å². The van der Waals surface area contributed by atoms with Crippen molar-refractivity contribution in [2.75, 3.05) is 7.11 Å². The molecule has 0 amide bonds. The van der Waals surface area contributed by atoms with Crippen LogP contribution in [-0.4, -0.2) is 27.6 Å². The zero-order valence-electron chi connectivity index (χ0n) is 15.9. The summed E-state index contributed by atoms with van der Waals surface area (Å²) in [6.07, 6.45) is 0.0369. The van der Waals surface area contributed by atoms with Crippen molar-refractivity contribution in [1.82, 2.24) is 9.55 Å². The third-order valence-electron chi connectivity index (χ3n) is 4.43. The Morgan fingerprint density at radius 3 is 2.76 bits per heavy atom. The molecule has 3 rings (SSSR count). The molecule has 3 aromatic rings. The van der Waals surface area contributed by atoms with Gasteiger partial charge < -0.3 is 4.74 Å². The third kappa shape index (κ3) is 4.62. The molecule has 1 heterocycles. The largest absolute Gasteiger partial charge is 0.469 e.